The summed E-state index contributed by atoms with van der Waals surface area (Å²) in [5.74, 6) is 0. The predicted octanol–water partition coefficient (Wildman–Crippen LogP) is 26.3. The number of nitrogens with two attached hydrogens (primary N) is 2. The van der Waals surface area contributed by atoms with Crippen LogP contribution < -0.4 is 15.0 Å². The van der Waals surface area contributed by atoms with Gasteiger partial charge in [-0.15, -0.1) is 0 Å². The van der Waals surface area contributed by atoms with Crippen molar-refractivity contribution in [1.82, 2.24) is 41.8 Å². The maximum atomic E-state index is 13.6. The fourth-order valence-electron chi connectivity index (χ4n) is 20.9. The molecule has 712 valence electrons. The normalized spacial score (nSPS) is 13.2. The van der Waals surface area contributed by atoms with Gasteiger partial charge in [0.15, 0.2) is 16.5 Å². The average Bonchev–Trinajstić information content (AvgIpc) is 1.52. The van der Waals surface area contributed by atoms with Gasteiger partial charge in [-0.2, -0.15) is 0 Å². The van der Waals surface area contributed by atoms with Crippen LogP contribution in [0.25, 0.3) is 128 Å². The summed E-state index contributed by atoms with van der Waals surface area (Å²) in [5, 5.41) is 16.4. The first kappa shape index (κ1) is 101. The third kappa shape index (κ3) is 21.7. The predicted molar refractivity (Wildman–Crippen MR) is 574 cm³/mol. The van der Waals surface area contributed by atoms with E-state index in [9.17, 15) is 25.3 Å². The standard InChI is InChI=1S/C43H56N4O3SSi2.C36H50N4O3SSi2.C28H31N3O3SSi/c1-31(2)53(32(3)4,33(5)6)47-24-22-39-37(19-14-20-41(39)47)38-21-23-44-43-40(38)28-42(46(43)30-50-25-26-52(7,8)9)35-17-13-18-36(27-35)51(48,49)45-29-34-15-11-10-12-16-34;1-25(2)46(26(3)4,27(5)6)40-19-17-32-30(14-11-15-34(32)40)31-16-18-38-36-33(31)23-35(39(36)24-43-20-21-45(7,8)9)28-12-10-13-29(22-28)44(37,41)42;1-36(2,3)16-15-34-19-31-27(21-9-4-10-22(17-21)35(29,32)33)18-26-25(13-14-30-28(26)31)24-12-6-8-20-7-5-11-23(20)24/h10-24,27-28,31-33,45H,25-26,29-30H2,1-9H3;10-19,22-23,25-27H,20-21,24H2,1-9H3,(H2,37,41,42);4-6,8-14,17-18H,7,15-16,19H2,1-3H3,(H2,29,32,33). The van der Waals surface area contributed by atoms with Crippen molar-refractivity contribution < 1.29 is 39.5 Å². The molecule has 0 aliphatic heterocycles. The summed E-state index contributed by atoms with van der Waals surface area (Å²) in [6.07, 6.45) is 15.6. The number of nitrogens with one attached hydrogen (secondary N) is 1. The summed E-state index contributed by atoms with van der Waals surface area (Å²) >= 11 is 0. The van der Waals surface area contributed by atoms with Crippen LogP contribution in [0.1, 0.15) is 99.8 Å². The number of nitrogens with zero attached hydrogens (tertiary/aromatic N) is 8. The fraction of sp³-hybridized carbons (Fsp3) is 0.355. The molecule has 16 rings (SSSR count). The van der Waals surface area contributed by atoms with E-state index < -0.39 is 70.8 Å². The Morgan fingerprint density at radius 3 is 1.07 bits per heavy atom. The highest BCUT2D eigenvalue weighted by molar-refractivity contribution is 7.89. The zero-order valence-electron chi connectivity index (χ0n) is 82.5. The van der Waals surface area contributed by atoms with E-state index >= 15 is 0 Å². The van der Waals surface area contributed by atoms with Gasteiger partial charge in [0, 0.05) is 107 Å². The highest BCUT2D eigenvalue weighted by atomic mass is 32.2. The molecule has 7 aromatic carbocycles. The lowest BCUT2D eigenvalue weighted by molar-refractivity contribution is 0.0908. The summed E-state index contributed by atoms with van der Waals surface area (Å²) in [6.45, 7) is 53.0. The van der Waals surface area contributed by atoms with Crippen molar-refractivity contribution in [3.63, 3.8) is 0 Å². The van der Waals surface area contributed by atoms with E-state index in [1.807, 2.05) is 83.8 Å². The number of ether oxygens (including phenoxy) is 3. The summed E-state index contributed by atoms with van der Waals surface area (Å²) in [6, 6.07) is 70.4. The Labute approximate surface area is 805 Å². The molecule has 0 radical (unpaired) electrons. The van der Waals surface area contributed by atoms with Crippen LogP contribution in [0.15, 0.2) is 258 Å². The third-order valence-corrected chi connectivity index (χ3v) is 49.1. The lowest BCUT2D eigenvalue weighted by atomic mass is 9.96. The molecule has 0 amide bonds. The molecule has 0 atom stereocenters. The van der Waals surface area contributed by atoms with Crippen molar-refractivity contribution in [1.29, 1.82) is 0 Å². The lowest BCUT2D eigenvalue weighted by Gasteiger charge is -2.44. The van der Waals surface area contributed by atoms with Gasteiger partial charge in [0.25, 0.3) is 0 Å². The first-order chi connectivity index (χ1) is 63.8. The van der Waals surface area contributed by atoms with E-state index in [4.69, 9.17) is 39.4 Å². The fourth-order valence-corrected chi connectivity index (χ4v) is 38.6. The van der Waals surface area contributed by atoms with Crippen molar-refractivity contribution >= 4 is 132 Å². The number of benzene rings is 7. The van der Waals surface area contributed by atoms with Crippen LogP contribution in [-0.2, 0) is 77.4 Å². The van der Waals surface area contributed by atoms with Gasteiger partial charge in [-0.1, -0.05) is 263 Å². The van der Waals surface area contributed by atoms with Crippen molar-refractivity contribution in [2.45, 2.75) is 241 Å². The van der Waals surface area contributed by atoms with Gasteiger partial charge in [-0.3, -0.25) is 0 Å². The van der Waals surface area contributed by atoms with Gasteiger partial charge < -0.3 is 36.4 Å². The van der Waals surface area contributed by atoms with E-state index in [0.717, 1.165) is 130 Å². The Morgan fingerprint density at radius 1 is 0.370 bits per heavy atom. The number of aromatic nitrogens is 8. The Bertz CT molecular complexity index is 7160. The van der Waals surface area contributed by atoms with Gasteiger partial charge >= 0.3 is 0 Å². The minimum atomic E-state index is -3.87. The molecule has 1 aliphatic rings. The first-order valence-electron chi connectivity index (χ1n) is 47.4. The molecular weight excluding hydrogens is 1820 g/mol. The van der Waals surface area contributed by atoms with Gasteiger partial charge in [0.2, 0.25) is 30.1 Å². The number of hydrogen-bond donors (Lipinski definition) is 3. The van der Waals surface area contributed by atoms with E-state index in [0.29, 0.717) is 73.3 Å². The van der Waals surface area contributed by atoms with Gasteiger partial charge in [0.05, 0.1) is 31.8 Å². The number of primary sulfonamides is 2. The molecule has 135 heavy (non-hydrogen) atoms. The number of rotatable bonds is 35. The van der Waals surface area contributed by atoms with E-state index in [2.05, 4.69) is 286 Å². The molecule has 8 heterocycles. The van der Waals surface area contributed by atoms with Crippen LogP contribution >= 0.6 is 0 Å². The largest absolute Gasteiger partial charge is 0.373 e. The SMILES string of the molecule is CC(C)[Si](C(C)C)(C(C)C)n1ccc2c(-c3ccnc4c3cc(-c3cccc(S(=O)(=O)NCc5ccccc5)c3)n4COCC[Si](C)(C)C)cccc21.CC(C)[Si](C(C)C)(C(C)C)n1ccc2c(-c3ccnc4c3cc(-c3cccc(S(N)(=O)=O)c3)n4COCC[Si](C)(C)C)cccc21.C[Si](C)(C)CCOCn1c(-c2cccc(S(N)(=O)=O)c2)cc2c(-c3cccc4c3C=CC4)ccnc21. The van der Waals surface area contributed by atoms with Crippen LogP contribution in [0.4, 0.5) is 0 Å². The molecule has 28 heteroatoms. The zero-order chi connectivity index (χ0) is 97.2. The second kappa shape index (κ2) is 41.0. The molecular formula is C107H137N11O9S3Si5. The first-order valence-corrected chi connectivity index (χ1v) is 67.5. The average molecular weight is 1960 g/mol. The number of pyridine rings is 3. The minimum Gasteiger partial charge on any atom is -0.373 e. The summed E-state index contributed by atoms with van der Waals surface area (Å²) in [5.41, 5.74) is 23.4. The van der Waals surface area contributed by atoms with Crippen LogP contribution in [0.3, 0.4) is 0 Å². The molecule has 0 unspecified atom stereocenters. The summed E-state index contributed by atoms with van der Waals surface area (Å²) in [7, 11) is -19.3. The Kier molecular flexibility index (Phi) is 30.7. The quantitative estimate of drug-likeness (QED) is 0.0248. The third-order valence-electron chi connectivity index (χ3n) is 27.2. The number of hydrogen-bond acceptors (Lipinski definition) is 12. The Balaban J connectivity index is 0.000000165. The van der Waals surface area contributed by atoms with Crippen LogP contribution in [0.2, 0.25) is 110 Å². The van der Waals surface area contributed by atoms with E-state index in [-0.39, 0.29) is 21.2 Å². The maximum Gasteiger partial charge on any atom is 0.240 e. The molecule has 0 spiro atoms. The highest BCUT2D eigenvalue weighted by Crippen LogP contribution is 2.50. The molecule has 0 saturated heterocycles. The van der Waals surface area contributed by atoms with Crippen LogP contribution in [0, 0.1) is 0 Å². The molecule has 8 aromatic heterocycles. The lowest BCUT2D eigenvalue weighted by Crippen LogP contribution is -2.51. The Hall–Kier alpha value is -9.88. The molecule has 20 nitrogen and oxygen atoms in total. The molecule has 1 aliphatic carbocycles. The topological polar surface area (TPSA) is 258 Å². The molecule has 5 N–H and O–H groups in total. The van der Waals surface area contributed by atoms with Crippen LogP contribution in [-0.4, -0.2) is 123 Å². The second-order valence-electron chi connectivity index (χ2n) is 41.7. The van der Waals surface area contributed by atoms with E-state index in [1.54, 1.807) is 36.4 Å². The van der Waals surface area contributed by atoms with Crippen molar-refractivity contribution in [3.05, 3.63) is 260 Å². The van der Waals surface area contributed by atoms with Gasteiger partial charge in [-0.05, 0) is 234 Å². The summed E-state index contributed by atoms with van der Waals surface area (Å²) in [4.78, 5) is 14.9. The molecule has 15 aromatic rings. The monoisotopic (exact) mass is 1960 g/mol. The maximum absolute atomic E-state index is 13.6. The number of fused-ring (bicyclic) bond motifs is 6. The van der Waals surface area contributed by atoms with Crippen LogP contribution in [0.5, 0.6) is 0 Å². The van der Waals surface area contributed by atoms with Crippen molar-refractivity contribution in [2.24, 2.45) is 10.3 Å². The number of sulfonamides is 3. The zero-order valence-corrected chi connectivity index (χ0v) is 90.0. The molecule has 0 bridgehead atoms. The van der Waals surface area contributed by atoms with Crippen molar-refractivity contribution in [2.75, 3.05) is 19.8 Å². The van der Waals surface area contributed by atoms with Gasteiger partial charge in [0.1, 0.15) is 37.1 Å². The van der Waals surface area contributed by atoms with Crippen molar-refractivity contribution in [3.8, 4) is 67.2 Å². The summed E-state index contributed by atoms with van der Waals surface area (Å²) < 4.78 is 109. The Morgan fingerprint density at radius 2 is 0.704 bits per heavy atom. The van der Waals surface area contributed by atoms with Gasteiger partial charge in [-0.25, -0.2) is 55.2 Å². The molecule has 0 saturated carbocycles. The molecule has 0 fully saturated rings. The van der Waals surface area contributed by atoms with E-state index in [1.165, 1.54) is 45.1 Å². The highest BCUT2D eigenvalue weighted by Gasteiger charge is 2.47. The second-order valence-corrected chi connectivity index (χ2v) is 74.9. The number of allylic oxidation sites excluding steroid dienone is 1. The smallest absolute Gasteiger partial charge is 0.240 e. The minimum absolute atomic E-state index is 0.0776.